The molecule has 11 nitrogen and oxygen atoms in total. The van der Waals surface area contributed by atoms with Crippen molar-refractivity contribution < 1.29 is 37.0 Å². The van der Waals surface area contributed by atoms with Crippen LogP contribution in [0.1, 0.15) is 37.8 Å². The normalized spacial score (nSPS) is 11.7. The number of aryl methyl sites for hydroxylation is 1. The van der Waals surface area contributed by atoms with Gasteiger partial charge in [0, 0.05) is 25.2 Å². The molecule has 0 aliphatic rings. The molecule has 3 aromatic carbocycles. The Kier molecular flexibility index (Phi) is 12.5. The van der Waals surface area contributed by atoms with Crippen molar-refractivity contribution in [2.75, 3.05) is 45.8 Å². The fraction of sp³-hybridized carbons (Fsp3) is 0.394. The number of nitrogens with zero attached hydrogens (tertiary/aromatic N) is 2. The molecule has 2 amide bonds. The second-order valence-electron chi connectivity index (χ2n) is 10.2. The molecule has 0 bridgehead atoms. The summed E-state index contributed by atoms with van der Waals surface area (Å²) in [7, 11) is 1.28. The van der Waals surface area contributed by atoms with Gasteiger partial charge in [-0.1, -0.05) is 38.1 Å². The minimum absolute atomic E-state index is 0.0827. The van der Waals surface area contributed by atoms with Crippen LogP contribution in [0.4, 0.5) is 5.69 Å². The van der Waals surface area contributed by atoms with Crippen molar-refractivity contribution in [3.05, 3.63) is 71.8 Å². The van der Waals surface area contributed by atoms with Gasteiger partial charge in [-0.3, -0.25) is 13.9 Å². The second-order valence-corrected chi connectivity index (χ2v) is 12.1. The molecule has 244 valence electrons. The Labute approximate surface area is 266 Å². The first kappa shape index (κ1) is 35.0. The SMILES string of the molecule is CCCNC(=O)[C@@H](CC)N(Cc1ccccc1C)C(=O)CN(c1cc(OC)ccc1OC)S(=O)(=O)c1ccc(OC)c(OC)c1. The number of amides is 2. The number of sulfonamides is 1. The van der Waals surface area contributed by atoms with E-state index in [4.69, 9.17) is 18.9 Å². The van der Waals surface area contributed by atoms with Crippen molar-refractivity contribution in [3.8, 4) is 23.0 Å². The molecule has 0 aliphatic carbocycles. The van der Waals surface area contributed by atoms with Crippen LogP contribution in [-0.4, -0.2) is 72.7 Å². The van der Waals surface area contributed by atoms with Gasteiger partial charge in [0.1, 0.15) is 24.1 Å². The van der Waals surface area contributed by atoms with Crippen LogP contribution in [-0.2, 0) is 26.2 Å². The van der Waals surface area contributed by atoms with Crippen molar-refractivity contribution >= 4 is 27.5 Å². The highest BCUT2D eigenvalue weighted by Gasteiger charge is 2.35. The minimum Gasteiger partial charge on any atom is -0.497 e. The van der Waals surface area contributed by atoms with Crippen LogP contribution in [0.15, 0.2) is 65.6 Å². The van der Waals surface area contributed by atoms with E-state index in [2.05, 4.69) is 5.32 Å². The number of nitrogens with one attached hydrogen (secondary N) is 1. The fourth-order valence-corrected chi connectivity index (χ4v) is 6.30. The number of anilines is 1. The van der Waals surface area contributed by atoms with Crippen LogP contribution in [0.2, 0.25) is 0 Å². The molecule has 0 saturated heterocycles. The molecule has 0 saturated carbocycles. The van der Waals surface area contributed by atoms with Crippen molar-refractivity contribution in [2.45, 2.75) is 51.1 Å². The van der Waals surface area contributed by atoms with Gasteiger partial charge < -0.3 is 29.2 Å². The molecule has 0 aromatic heterocycles. The highest BCUT2D eigenvalue weighted by Crippen LogP contribution is 2.38. The summed E-state index contributed by atoms with van der Waals surface area (Å²) in [6.07, 6.45) is 1.04. The van der Waals surface area contributed by atoms with E-state index in [0.717, 1.165) is 21.9 Å². The van der Waals surface area contributed by atoms with Crippen LogP contribution in [0, 0.1) is 6.92 Å². The first-order valence-corrected chi connectivity index (χ1v) is 16.1. The topological polar surface area (TPSA) is 124 Å². The number of hydrogen-bond acceptors (Lipinski definition) is 8. The van der Waals surface area contributed by atoms with Crippen molar-refractivity contribution in [3.63, 3.8) is 0 Å². The van der Waals surface area contributed by atoms with Gasteiger partial charge in [-0.15, -0.1) is 0 Å². The van der Waals surface area contributed by atoms with Gasteiger partial charge in [0.15, 0.2) is 11.5 Å². The van der Waals surface area contributed by atoms with Crippen molar-refractivity contribution in [1.82, 2.24) is 10.2 Å². The molecule has 0 spiro atoms. The molecule has 0 fully saturated rings. The zero-order valence-electron chi connectivity index (χ0n) is 27.0. The third-order valence-electron chi connectivity index (χ3n) is 7.41. The smallest absolute Gasteiger partial charge is 0.265 e. The Hall–Kier alpha value is -4.45. The van der Waals surface area contributed by atoms with Crippen LogP contribution in [0.3, 0.4) is 0 Å². The van der Waals surface area contributed by atoms with Gasteiger partial charge in [-0.2, -0.15) is 0 Å². The number of carbonyl (C=O) groups is 2. The Balaban J connectivity index is 2.20. The van der Waals surface area contributed by atoms with Crippen molar-refractivity contribution in [2.24, 2.45) is 0 Å². The standard InChI is InChI=1S/C33H43N3O8S/c1-8-18-34-33(38)27(9-2)35(21-24-13-11-10-12-23(24)3)32(37)22-36(28-19-25(41-4)14-16-29(28)42-5)45(39,40)26-15-17-30(43-6)31(20-26)44-7/h10-17,19-20,27H,8-9,18,21-22H2,1-7H3,(H,34,38)/t27-/m1/s1. The fourth-order valence-electron chi connectivity index (χ4n) is 4.87. The van der Waals surface area contributed by atoms with Gasteiger partial charge >= 0.3 is 0 Å². The maximum Gasteiger partial charge on any atom is 0.265 e. The second kappa shape index (κ2) is 16.0. The molecule has 3 aromatic rings. The van der Waals surface area contributed by atoms with E-state index >= 15 is 0 Å². The van der Waals surface area contributed by atoms with Gasteiger partial charge in [-0.05, 0) is 55.2 Å². The largest absolute Gasteiger partial charge is 0.497 e. The molecule has 3 rings (SSSR count). The summed E-state index contributed by atoms with van der Waals surface area (Å²) >= 11 is 0. The number of carbonyl (C=O) groups excluding carboxylic acids is 2. The van der Waals surface area contributed by atoms with Crippen molar-refractivity contribution in [1.29, 1.82) is 0 Å². The average Bonchev–Trinajstić information content (AvgIpc) is 3.05. The predicted octanol–water partition coefficient (Wildman–Crippen LogP) is 4.56. The van der Waals surface area contributed by atoms with Gasteiger partial charge in [0.25, 0.3) is 10.0 Å². The lowest BCUT2D eigenvalue weighted by atomic mass is 10.1. The summed E-state index contributed by atoms with van der Waals surface area (Å²) in [6.45, 7) is 5.59. The highest BCUT2D eigenvalue weighted by atomic mass is 32.2. The first-order valence-electron chi connectivity index (χ1n) is 14.6. The molecule has 1 atom stereocenters. The zero-order chi connectivity index (χ0) is 33.1. The monoisotopic (exact) mass is 641 g/mol. The lowest BCUT2D eigenvalue weighted by Gasteiger charge is -2.34. The lowest BCUT2D eigenvalue weighted by molar-refractivity contribution is -0.140. The molecule has 0 heterocycles. The van der Waals surface area contributed by atoms with E-state index in [1.54, 1.807) is 12.1 Å². The molecule has 0 unspecified atom stereocenters. The van der Waals surface area contributed by atoms with E-state index in [1.165, 1.54) is 57.6 Å². The molecular weight excluding hydrogens is 598 g/mol. The summed E-state index contributed by atoms with van der Waals surface area (Å²) in [4.78, 5) is 29.0. The third kappa shape index (κ3) is 8.18. The number of hydrogen-bond donors (Lipinski definition) is 1. The molecule has 0 aliphatic heterocycles. The highest BCUT2D eigenvalue weighted by molar-refractivity contribution is 7.92. The summed E-state index contributed by atoms with van der Waals surface area (Å²) in [5.41, 5.74) is 1.85. The lowest BCUT2D eigenvalue weighted by Crippen LogP contribution is -2.52. The Morgan fingerprint density at radius 1 is 0.844 bits per heavy atom. The van der Waals surface area contributed by atoms with Crippen LogP contribution < -0.4 is 28.6 Å². The molecule has 1 N–H and O–H groups in total. The summed E-state index contributed by atoms with van der Waals surface area (Å²) < 4.78 is 51.5. The minimum atomic E-state index is -4.43. The maximum atomic E-state index is 14.4. The van der Waals surface area contributed by atoms with E-state index in [0.29, 0.717) is 24.5 Å². The number of ether oxygens (including phenoxy) is 4. The van der Waals surface area contributed by atoms with Crippen LogP contribution in [0.25, 0.3) is 0 Å². The van der Waals surface area contributed by atoms with Gasteiger partial charge in [0.2, 0.25) is 11.8 Å². The maximum absolute atomic E-state index is 14.4. The third-order valence-corrected chi connectivity index (χ3v) is 9.17. The summed E-state index contributed by atoms with van der Waals surface area (Å²) in [5, 5.41) is 2.89. The summed E-state index contributed by atoms with van der Waals surface area (Å²) in [6, 6.07) is 15.6. The van der Waals surface area contributed by atoms with E-state index in [-0.39, 0.29) is 34.5 Å². The molecular formula is C33H43N3O8S. The van der Waals surface area contributed by atoms with Crippen LogP contribution >= 0.6 is 0 Å². The van der Waals surface area contributed by atoms with Crippen LogP contribution in [0.5, 0.6) is 23.0 Å². The Bertz CT molecular complexity index is 1580. The first-order chi connectivity index (χ1) is 21.6. The number of methoxy groups -OCH3 is 4. The quantitative estimate of drug-likeness (QED) is 0.242. The van der Waals surface area contributed by atoms with E-state index in [9.17, 15) is 18.0 Å². The number of rotatable bonds is 16. The Morgan fingerprint density at radius 3 is 2.11 bits per heavy atom. The van der Waals surface area contributed by atoms with E-state index < -0.39 is 28.5 Å². The molecule has 45 heavy (non-hydrogen) atoms. The van der Waals surface area contributed by atoms with E-state index in [1.807, 2.05) is 45.0 Å². The molecule has 12 heteroatoms. The van der Waals surface area contributed by atoms with Gasteiger partial charge in [-0.25, -0.2) is 8.42 Å². The zero-order valence-corrected chi connectivity index (χ0v) is 27.8. The predicted molar refractivity (Wildman–Crippen MR) is 173 cm³/mol. The average molecular weight is 642 g/mol. The summed E-state index contributed by atoms with van der Waals surface area (Å²) in [5.74, 6) is 0.201. The number of benzene rings is 3. The van der Waals surface area contributed by atoms with Gasteiger partial charge in [0.05, 0.1) is 39.0 Å². The molecule has 0 radical (unpaired) electrons. The Morgan fingerprint density at radius 2 is 1.51 bits per heavy atom.